The Morgan fingerprint density at radius 1 is 1.07 bits per heavy atom. The molecule has 1 aromatic carbocycles. The van der Waals surface area contributed by atoms with Crippen LogP contribution in [-0.2, 0) is 0 Å². The van der Waals surface area contributed by atoms with Gasteiger partial charge < -0.3 is 15.5 Å². The number of urea groups is 1. The van der Waals surface area contributed by atoms with Gasteiger partial charge in [-0.05, 0) is 43.5 Å². The van der Waals surface area contributed by atoms with Crippen LogP contribution < -0.4 is 15.5 Å². The van der Waals surface area contributed by atoms with Crippen LogP contribution in [-0.4, -0.2) is 40.1 Å². The quantitative estimate of drug-likeness (QED) is 0.745. The third-order valence-electron chi connectivity index (χ3n) is 4.77. The fourth-order valence-electron chi connectivity index (χ4n) is 3.43. The highest BCUT2D eigenvalue weighted by Crippen LogP contribution is 2.24. The molecule has 138 valence electrons. The summed E-state index contributed by atoms with van der Waals surface area (Å²) in [6.07, 6.45) is 6.61. The summed E-state index contributed by atoms with van der Waals surface area (Å²) in [5.41, 5.74) is 2.22. The van der Waals surface area contributed by atoms with Crippen molar-refractivity contribution in [2.45, 2.75) is 25.3 Å². The number of rotatable bonds is 4. The van der Waals surface area contributed by atoms with E-state index in [1.54, 1.807) is 12.4 Å². The second-order valence-electron chi connectivity index (χ2n) is 6.61. The molecule has 3 aromatic rings. The first-order chi connectivity index (χ1) is 13.3. The van der Waals surface area contributed by atoms with Gasteiger partial charge in [-0.1, -0.05) is 18.2 Å². The number of anilines is 2. The van der Waals surface area contributed by atoms with Crippen LogP contribution in [0.25, 0.3) is 11.2 Å². The first-order valence-corrected chi connectivity index (χ1v) is 9.24. The highest BCUT2D eigenvalue weighted by atomic mass is 16.2. The smallest absolute Gasteiger partial charge is 0.319 e. The van der Waals surface area contributed by atoms with Gasteiger partial charge in [0.05, 0.1) is 0 Å². The molecule has 2 amide bonds. The van der Waals surface area contributed by atoms with E-state index in [1.807, 2.05) is 42.5 Å². The first-order valence-electron chi connectivity index (χ1n) is 9.24. The molecule has 1 atom stereocenters. The van der Waals surface area contributed by atoms with Crippen LogP contribution in [0.1, 0.15) is 19.3 Å². The number of pyridine rings is 1. The lowest BCUT2D eigenvalue weighted by atomic mass is 10.0. The standard InChI is InChI=1S/C20H22N6O/c27-20(24-15-6-2-1-3-7-15)23-14-16-8-4-5-13-26(16)18-10-9-17-19(25-18)22-12-11-21-17/h1-3,6-7,9-12,16H,4-5,8,13-14H2,(H2,23,24,27). The van der Waals surface area contributed by atoms with Gasteiger partial charge in [0.25, 0.3) is 0 Å². The molecule has 7 heteroatoms. The van der Waals surface area contributed by atoms with Gasteiger partial charge in [-0.3, -0.25) is 4.98 Å². The Balaban J connectivity index is 1.43. The number of nitrogens with one attached hydrogen (secondary N) is 2. The third-order valence-corrected chi connectivity index (χ3v) is 4.77. The van der Waals surface area contributed by atoms with E-state index in [4.69, 9.17) is 0 Å². The van der Waals surface area contributed by atoms with E-state index in [2.05, 4.69) is 30.5 Å². The average molecular weight is 362 g/mol. The highest BCUT2D eigenvalue weighted by Gasteiger charge is 2.24. The molecule has 27 heavy (non-hydrogen) atoms. The monoisotopic (exact) mass is 362 g/mol. The Kier molecular flexibility index (Phi) is 5.09. The first kappa shape index (κ1) is 17.2. The molecule has 4 rings (SSSR count). The maximum atomic E-state index is 12.2. The zero-order chi connectivity index (χ0) is 18.5. The van der Waals surface area contributed by atoms with Crippen LogP contribution in [0.2, 0.25) is 0 Å². The molecule has 7 nitrogen and oxygen atoms in total. The van der Waals surface area contributed by atoms with Crippen molar-refractivity contribution in [1.29, 1.82) is 0 Å². The molecular weight excluding hydrogens is 340 g/mol. The lowest BCUT2D eigenvalue weighted by Crippen LogP contribution is -2.48. The summed E-state index contributed by atoms with van der Waals surface area (Å²) >= 11 is 0. The van der Waals surface area contributed by atoms with Crippen molar-refractivity contribution in [3.8, 4) is 0 Å². The minimum atomic E-state index is -0.191. The van der Waals surface area contributed by atoms with Crippen molar-refractivity contribution in [3.05, 3.63) is 54.9 Å². The number of amides is 2. The lowest BCUT2D eigenvalue weighted by Gasteiger charge is -2.36. The molecule has 0 radical (unpaired) electrons. The van der Waals surface area contributed by atoms with Crippen LogP contribution in [0.4, 0.5) is 16.3 Å². The largest absolute Gasteiger partial charge is 0.352 e. The number of fused-ring (bicyclic) bond motifs is 1. The van der Waals surface area contributed by atoms with Gasteiger partial charge in [-0.2, -0.15) is 0 Å². The normalized spacial score (nSPS) is 16.9. The Hall–Kier alpha value is -3.22. The minimum Gasteiger partial charge on any atom is -0.352 e. The summed E-state index contributed by atoms with van der Waals surface area (Å²) in [5, 5.41) is 5.85. The van der Waals surface area contributed by atoms with E-state index in [-0.39, 0.29) is 12.1 Å². The van der Waals surface area contributed by atoms with Crippen molar-refractivity contribution < 1.29 is 4.79 Å². The van der Waals surface area contributed by atoms with Crippen molar-refractivity contribution >= 4 is 28.7 Å². The van der Waals surface area contributed by atoms with E-state index in [1.165, 1.54) is 0 Å². The summed E-state index contributed by atoms with van der Waals surface area (Å²) in [4.78, 5) is 27.7. The van der Waals surface area contributed by atoms with Crippen molar-refractivity contribution in [2.24, 2.45) is 0 Å². The Morgan fingerprint density at radius 2 is 1.93 bits per heavy atom. The molecule has 1 aliphatic rings. The molecular formula is C20H22N6O. The summed E-state index contributed by atoms with van der Waals surface area (Å²) in [5.74, 6) is 0.887. The van der Waals surface area contributed by atoms with Crippen LogP contribution in [0.5, 0.6) is 0 Å². The molecule has 0 aliphatic carbocycles. The molecule has 0 spiro atoms. The molecule has 2 N–H and O–H groups in total. The number of carbonyl (C=O) groups is 1. The number of carbonyl (C=O) groups excluding carboxylic acids is 1. The molecule has 1 saturated heterocycles. The predicted octanol–water partition coefficient (Wildman–Crippen LogP) is 3.21. The van der Waals surface area contributed by atoms with E-state index in [9.17, 15) is 4.79 Å². The third kappa shape index (κ3) is 4.13. The number of hydrogen-bond acceptors (Lipinski definition) is 5. The van der Waals surface area contributed by atoms with Crippen LogP contribution in [0.3, 0.4) is 0 Å². The molecule has 2 aromatic heterocycles. The zero-order valence-corrected chi connectivity index (χ0v) is 15.0. The van der Waals surface area contributed by atoms with Gasteiger partial charge >= 0.3 is 6.03 Å². The summed E-state index contributed by atoms with van der Waals surface area (Å²) in [7, 11) is 0. The number of para-hydroxylation sites is 1. The summed E-state index contributed by atoms with van der Waals surface area (Å²) in [6, 6.07) is 13.4. The van der Waals surface area contributed by atoms with Gasteiger partial charge in [0, 0.05) is 37.2 Å². The minimum absolute atomic E-state index is 0.191. The van der Waals surface area contributed by atoms with E-state index in [0.29, 0.717) is 12.2 Å². The van der Waals surface area contributed by atoms with Gasteiger partial charge in [0.1, 0.15) is 11.3 Å². The fraction of sp³-hybridized carbons (Fsp3) is 0.300. The lowest BCUT2D eigenvalue weighted by molar-refractivity contribution is 0.250. The van der Waals surface area contributed by atoms with Crippen molar-refractivity contribution in [2.75, 3.05) is 23.3 Å². The number of hydrogen-bond donors (Lipinski definition) is 2. The molecule has 0 saturated carbocycles. The number of nitrogens with zero attached hydrogens (tertiary/aromatic N) is 4. The van der Waals surface area contributed by atoms with Crippen LogP contribution in [0.15, 0.2) is 54.9 Å². The van der Waals surface area contributed by atoms with Crippen molar-refractivity contribution in [3.63, 3.8) is 0 Å². The SMILES string of the molecule is O=C(NCC1CCCCN1c1ccc2nccnc2n1)Nc1ccccc1. The van der Waals surface area contributed by atoms with Gasteiger partial charge in [-0.25, -0.2) is 14.8 Å². The maximum Gasteiger partial charge on any atom is 0.319 e. The molecule has 1 unspecified atom stereocenters. The number of benzene rings is 1. The molecule has 3 heterocycles. The average Bonchev–Trinajstić information content (AvgIpc) is 2.73. The second-order valence-corrected chi connectivity index (χ2v) is 6.61. The molecule has 0 bridgehead atoms. The maximum absolute atomic E-state index is 12.2. The number of aromatic nitrogens is 3. The summed E-state index contributed by atoms with van der Waals surface area (Å²) in [6.45, 7) is 1.49. The molecule has 1 fully saturated rings. The Labute approximate surface area is 157 Å². The highest BCUT2D eigenvalue weighted by molar-refractivity contribution is 5.89. The fourth-order valence-corrected chi connectivity index (χ4v) is 3.43. The zero-order valence-electron chi connectivity index (χ0n) is 15.0. The summed E-state index contributed by atoms with van der Waals surface area (Å²) < 4.78 is 0. The molecule has 1 aliphatic heterocycles. The Bertz CT molecular complexity index is 917. The van der Waals surface area contributed by atoms with Crippen molar-refractivity contribution in [1.82, 2.24) is 20.3 Å². The van der Waals surface area contributed by atoms with E-state index in [0.717, 1.165) is 42.8 Å². The topological polar surface area (TPSA) is 83.0 Å². The van der Waals surface area contributed by atoms with Crippen LogP contribution >= 0.6 is 0 Å². The van der Waals surface area contributed by atoms with Gasteiger partial charge in [0.2, 0.25) is 0 Å². The van der Waals surface area contributed by atoms with Gasteiger partial charge in [-0.15, -0.1) is 0 Å². The predicted molar refractivity (Wildman–Crippen MR) is 106 cm³/mol. The van der Waals surface area contributed by atoms with E-state index < -0.39 is 0 Å². The number of piperidine rings is 1. The second kappa shape index (κ2) is 7.99. The Morgan fingerprint density at radius 3 is 2.81 bits per heavy atom. The van der Waals surface area contributed by atoms with E-state index >= 15 is 0 Å². The van der Waals surface area contributed by atoms with Gasteiger partial charge in [0.15, 0.2) is 5.65 Å². The van der Waals surface area contributed by atoms with Crippen LogP contribution in [0, 0.1) is 0 Å².